The van der Waals surface area contributed by atoms with E-state index in [1.807, 2.05) is 0 Å². The Balaban J connectivity index is 2.60. The number of hydrogen-bond acceptors (Lipinski definition) is 2. The minimum Gasteiger partial charge on any atom is -0.287 e. The van der Waals surface area contributed by atoms with Gasteiger partial charge in [0.05, 0.1) is 14.9 Å². The molecule has 0 aliphatic rings. The van der Waals surface area contributed by atoms with E-state index < -0.39 is 23.0 Å². The highest BCUT2D eigenvalue weighted by atomic mass is 79.9. The standard InChI is InChI=1S/C12H6Br2F2OS/c1-5-2-3-7(15)8(10(5)16)11(17)12-9(14)6(13)4-18-12/h2-4H,1H3. The van der Waals surface area contributed by atoms with Crippen molar-refractivity contribution in [3.63, 3.8) is 0 Å². The quantitative estimate of drug-likeness (QED) is 0.647. The third-order valence-electron chi connectivity index (χ3n) is 2.41. The fourth-order valence-electron chi connectivity index (χ4n) is 1.45. The Hall–Kier alpha value is -0.590. The number of benzene rings is 1. The van der Waals surface area contributed by atoms with Crippen LogP contribution in [0, 0.1) is 18.6 Å². The van der Waals surface area contributed by atoms with E-state index in [1.165, 1.54) is 13.0 Å². The van der Waals surface area contributed by atoms with Crippen molar-refractivity contribution in [2.75, 3.05) is 0 Å². The summed E-state index contributed by atoms with van der Waals surface area (Å²) in [6, 6.07) is 2.41. The van der Waals surface area contributed by atoms with Gasteiger partial charge in [-0.05, 0) is 50.4 Å². The predicted octanol–water partition coefficient (Wildman–Crippen LogP) is 5.09. The lowest BCUT2D eigenvalue weighted by atomic mass is 10.0. The number of ketones is 1. The van der Waals surface area contributed by atoms with Gasteiger partial charge in [-0.2, -0.15) is 0 Å². The molecule has 0 bridgehead atoms. The first-order valence-corrected chi connectivity index (χ1v) is 7.31. The summed E-state index contributed by atoms with van der Waals surface area (Å²) < 4.78 is 28.7. The number of halogens is 4. The molecular formula is C12H6Br2F2OS. The Labute approximate surface area is 123 Å². The molecule has 0 N–H and O–H groups in total. The number of carbonyl (C=O) groups is 1. The summed E-state index contributed by atoms with van der Waals surface area (Å²) in [7, 11) is 0. The molecule has 1 heterocycles. The lowest BCUT2D eigenvalue weighted by Crippen LogP contribution is -2.07. The van der Waals surface area contributed by atoms with Gasteiger partial charge in [0.25, 0.3) is 0 Å². The second kappa shape index (κ2) is 5.19. The van der Waals surface area contributed by atoms with Crippen molar-refractivity contribution in [2.45, 2.75) is 6.92 Å². The molecule has 0 unspecified atom stereocenters. The molecule has 6 heteroatoms. The number of carbonyl (C=O) groups excluding carboxylic acids is 1. The summed E-state index contributed by atoms with van der Waals surface area (Å²) in [4.78, 5) is 12.4. The summed E-state index contributed by atoms with van der Waals surface area (Å²) in [6.45, 7) is 1.49. The fraction of sp³-hybridized carbons (Fsp3) is 0.0833. The molecule has 0 aliphatic carbocycles. The summed E-state index contributed by atoms with van der Waals surface area (Å²) in [5.41, 5.74) is -0.267. The van der Waals surface area contributed by atoms with Gasteiger partial charge in [0, 0.05) is 9.85 Å². The van der Waals surface area contributed by atoms with Crippen LogP contribution in [0.4, 0.5) is 8.78 Å². The molecule has 2 rings (SSSR count). The second-order valence-electron chi connectivity index (χ2n) is 3.61. The van der Waals surface area contributed by atoms with E-state index in [4.69, 9.17) is 0 Å². The predicted molar refractivity (Wildman–Crippen MR) is 74.2 cm³/mol. The van der Waals surface area contributed by atoms with Gasteiger partial charge in [-0.1, -0.05) is 6.07 Å². The van der Waals surface area contributed by atoms with Crippen LogP contribution >= 0.6 is 43.2 Å². The minimum atomic E-state index is -0.848. The average Bonchev–Trinajstić information content (AvgIpc) is 2.65. The van der Waals surface area contributed by atoms with Crippen LogP contribution in [0.3, 0.4) is 0 Å². The van der Waals surface area contributed by atoms with Gasteiger partial charge in [0.15, 0.2) is 0 Å². The van der Waals surface area contributed by atoms with Crippen LogP contribution in [-0.4, -0.2) is 5.78 Å². The van der Waals surface area contributed by atoms with E-state index in [0.29, 0.717) is 8.95 Å². The average molecular weight is 396 g/mol. The maximum atomic E-state index is 13.9. The van der Waals surface area contributed by atoms with Gasteiger partial charge < -0.3 is 0 Å². The number of hydrogen-bond donors (Lipinski definition) is 0. The summed E-state index contributed by atoms with van der Waals surface area (Å²) >= 11 is 7.57. The van der Waals surface area contributed by atoms with Crippen LogP contribution in [0.5, 0.6) is 0 Å². The monoisotopic (exact) mass is 394 g/mol. The normalized spacial score (nSPS) is 10.7. The molecule has 0 saturated carbocycles. The maximum absolute atomic E-state index is 13.9. The van der Waals surface area contributed by atoms with E-state index in [-0.39, 0.29) is 10.4 Å². The molecule has 1 nitrogen and oxygen atoms in total. The molecule has 2 aromatic rings. The van der Waals surface area contributed by atoms with E-state index in [1.54, 1.807) is 5.38 Å². The van der Waals surface area contributed by atoms with Gasteiger partial charge in [-0.3, -0.25) is 4.79 Å². The van der Waals surface area contributed by atoms with Gasteiger partial charge >= 0.3 is 0 Å². The van der Waals surface area contributed by atoms with Crippen molar-refractivity contribution >= 4 is 49.0 Å². The van der Waals surface area contributed by atoms with E-state index in [2.05, 4.69) is 31.9 Å². The SMILES string of the molecule is Cc1ccc(F)c(C(=O)c2scc(Br)c2Br)c1F. The van der Waals surface area contributed by atoms with E-state index in [0.717, 1.165) is 17.4 Å². The lowest BCUT2D eigenvalue weighted by Gasteiger charge is -2.05. The number of rotatable bonds is 2. The fourth-order valence-corrected chi connectivity index (χ4v) is 3.55. The van der Waals surface area contributed by atoms with Crippen LogP contribution in [0.1, 0.15) is 20.8 Å². The smallest absolute Gasteiger partial charge is 0.210 e. The summed E-state index contributed by atoms with van der Waals surface area (Å²) in [5.74, 6) is -2.31. The zero-order valence-corrected chi connectivity index (χ0v) is 13.0. The summed E-state index contributed by atoms with van der Waals surface area (Å²) in [6.07, 6.45) is 0. The molecule has 0 atom stereocenters. The van der Waals surface area contributed by atoms with Gasteiger partial charge in [0.2, 0.25) is 5.78 Å². The Morgan fingerprint density at radius 1 is 1.28 bits per heavy atom. The molecule has 0 amide bonds. The molecule has 94 valence electrons. The first kappa shape index (κ1) is 13.8. The second-order valence-corrected chi connectivity index (χ2v) is 6.14. The van der Waals surface area contributed by atoms with E-state index in [9.17, 15) is 13.6 Å². The van der Waals surface area contributed by atoms with Crippen molar-refractivity contribution in [1.82, 2.24) is 0 Å². The van der Waals surface area contributed by atoms with Gasteiger partial charge in [-0.15, -0.1) is 11.3 Å². The Morgan fingerprint density at radius 3 is 2.50 bits per heavy atom. The van der Waals surface area contributed by atoms with Crippen molar-refractivity contribution in [1.29, 1.82) is 0 Å². The summed E-state index contributed by atoms with van der Waals surface area (Å²) in [5, 5.41) is 1.68. The molecule has 0 radical (unpaired) electrons. The van der Waals surface area contributed by atoms with Gasteiger partial charge in [0.1, 0.15) is 11.6 Å². The zero-order valence-electron chi connectivity index (χ0n) is 9.06. The topological polar surface area (TPSA) is 17.1 Å². The molecule has 0 saturated heterocycles. The van der Waals surface area contributed by atoms with Crippen molar-refractivity contribution in [3.8, 4) is 0 Å². The van der Waals surface area contributed by atoms with Crippen LogP contribution in [0.2, 0.25) is 0 Å². The Kier molecular flexibility index (Phi) is 3.99. The number of aryl methyl sites for hydroxylation is 1. The largest absolute Gasteiger partial charge is 0.287 e. The highest BCUT2D eigenvalue weighted by molar-refractivity contribution is 9.13. The molecule has 0 aliphatic heterocycles. The first-order valence-electron chi connectivity index (χ1n) is 4.85. The molecule has 0 spiro atoms. The van der Waals surface area contributed by atoms with Crippen molar-refractivity contribution in [2.24, 2.45) is 0 Å². The van der Waals surface area contributed by atoms with Crippen LogP contribution in [0.25, 0.3) is 0 Å². The highest BCUT2D eigenvalue weighted by Gasteiger charge is 2.24. The molecule has 0 fully saturated rings. The molecular weight excluding hydrogens is 390 g/mol. The third kappa shape index (κ3) is 2.29. The van der Waals surface area contributed by atoms with Crippen LogP contribution < -0.4 is 0 Å². The Bertz CT molecular complexity index is 637. The molecule has 1 aromatic heterocycles. The number of thiophene rings is 1. The molecule has 18 heavy (non-hydrogen) atoms. The van der Waals surface area contributed by atoms with Crippen molar-refractivity contribution < 1.29 is 13.6 Å². The van der Waals surface area contributed by atoms with Crippen molar-refractivity contribution in [3.05, 3.63) is 54.1 Å². The maximum Gasteiger partial charge on any atom is 0.210 e. The third-order valence-corrected chi connectivity index (χ3v) is 5.93. The Morgan fingerprint density at radius 2 is 1.94 bits per heavy atom. The molecule has 1 aromatic carbocycles. The van der Waals surface area contributed by atoms with Gasteiger partial charge in [-0.25, -0.2) is 8.78 Å². The minimum absolute atomic E-state index is 0.242. The zero-order chi connectivity index (χ0) is 13.4. The first-order chi connectivity index (χ1) is 8.43. The van der Waals surface area contributed by atoms with Crippen LogP contribution in [0.15, 0.2) is 26.5 Å². The van der Waals surface area contributed by atoms with Crippen LogP contribution in [-0.2, 0) is 0 Å². The highest BCUT2D eigenvalue weighted by Crippen LogP contribution is 2.35. The van der Waals surface area contributed by atoms with E-state index >= 15 is 0 Å². The lowest BCUT2D eigenvalue weighted by molar-refractivity contribution is 0.103.